The highest BCUT2D eigenvalue weighted by molar-refractivity contribution is 7.85. The Labute approximate surface area is 154 Å². The van der Waals surface area contributed by atoms with Crippen molar-refractivity contribution < 1.29 is 18.1 Å². The second-order valence-corrected chi connectivity index (χ2v) is 8.00. The molecule has 0 aromatic heterocycles. The van der Waals surface area contributed by atoms with E-state index in [1.54, 1.807) is 0 Å². The van der Waals surface area contributed by atoms with Crippen LogP contribution in [-0.2, 0) is 16.5 Å². The molecule has 0 amide bonds. The fourth-order valence-electron chi connectivity index (χ4n) is 2.58. The maximum absolute atomic E-state index is 9.63. The van der Waals surface area contributed by atoms with Crippen molar-refractivity contribution in [2.75, 3.05) is 12.4 Å². The van der Waals surface area contributed by atoms with Crippen molar-refractivity contribution in [1.29, 1.82) is 0 Å². The largest absolute Gasteiger partial charge is 0.395 e. The smallest absolute Gasteiger partial charge is 0.267 e. The second-order valence-electron chi connectivity index (χ2n) is 6.43. The van der Waals surface area contributed by atoms with Gasteiger partial charge in [0.2, 0.25) is 0 Å². The summed E-state index contributed by atoms with van der Waals surface area (Å²) in [4.78, 5) is 0. The highest BCUT2D eigenvalue weighted by Gasteiger charge is 1.99. The van der Waals surface area contributed by atoms with Crippen LogP contribution in [0.25, 0.3) is 0 Å². The fourth-order valence-corrected chi connectivity index (χ4v) is 2.81. The molecule has 4 nitrogen and oxygen atoms in total. The molecule has 1 rings (SSSR count). The molecule has 0 bridgehead atoms. The Morgan fingerprint density at radius 2 is 1.28 bits per heavy atom. The molecule has 0 saturated carbocycles. The van der Waals surface area contributed by atoms with Crippen molar-refractivity contribution >= 4 is 10.1 Å². The summed E-state index contributed by atoms with van der Waals surface area (Å²) in [6.07, 6.45) is 15.5. The monoisotopic (exact) mass is 372 g/mol. The van der Waals surface area contributed by atoms with E-state index >= 15 is 0 Å². The van der Waals surface area contributed by atoms with E-state index < -0.39 is 22.5 Å². The number of hydrogen-bond acceptors (Lipinski definition) is 3. The van der Waals surface area contributed by atoms with Gasteiger partial charge in [0, 0.05) is 0 Å². The van der Waals surface area contributed by atoms with Gasteiger partial charge in [0.15, 0.2) is 0 Å². The molecule has 0 spiro atoms. The Morgan fingerprint density at radius 1 is 0.800 bits per heavy atom. The van der Waals surface area contributed by atoms with Crippen LogP contribution in [-0.4, -0.2) is 30.4 Å². The van der Waals surface area contributed by atoms with Crippen LogP contribution in [0.3, 0.4) is 0 Å². The lowest BCUT2D eigenvalue weighted by Crippen LogP contribution is -2.06. The third-order valence-corrected chi connectivity index (χ3v) is 4.71. The van der Waals surface area contributed by atoms with E-state index in [0.717, 1.165) is 0 Å². The minimum Gasteiger partial charge on any atom is -0.395 e. The minimum atomic E-state index is -3.92. The molecule has 0 atom stereocenters. The fraction of sp³-hybridized carbons (Fsp3) is 0.700. The molecule has 5 heteroatoms. The Kier molecular flexibility index (Phi) is 16.0. The van der Waals surface area contributed by atoms with E-state index in [9.17, 15) is 8.42 Å². The highest BCUT2D eigenvalue weighted by atomic mass is 32.2. The van der Waals surface area contributed by atoms with Gasteiger partial charge in [0.05, 0.1) is 12.4 Å². The minimum absolute atomic E-state index is 0.529. The molecule has 146 valence electrons. The molecule has 0 aliphatic heterocycles. The van der Waals surface area contributed by atoms with Gasteiger partial charge in [-0.2, -0.15) is 8.42 Å². The van der Waals surface area contributed by atoms with Crippen LogP contribution >= 0.6 is 0 Å². The van der Waals surface area contributed by atoms with Crippen molar-refractivity contribution in [3.63, 3.8) is 0 Å². The maximum atomic E-state index is 9.63. The summed E-state index contributed by atoms with van der Waals surface area (Å²) in [5.74, 6) is -0.576. The van der Waals surface area contributed by atoms with Gasteiger partial charge in [-0.3, -0.25) is 4.55 Å². The first-order valence-electron chi connectivity index (χ1n) is 9.59. The van der Waals surface area contributed by atoms with Gasteiger partial charge >= 0.3 is 0 Å². The van der Waals surface area contributed by atoms with E-state index in [1.807, 2.05) is 0 Å². The average molecular weight is 373 g/mol. The molecule has 2 N–H and O–H groups in total. The third kappa shape index (κ3) is 19.3. The Hall–Kier alpha value is -0.910. The average Bonchev–Trinajstić information content (AvgIpc) is 2.57. The quantitative estimate of drug-likeness (QED) is 0.377. The lowest BCUT2D eigenvalue weighted by molar-refractivity contribution is 0.315. The van der Waals surface area contributed by atoms with Crippen LogP contribution < -0.4 is 0 Å². The van der Waals surface area contributed by atoms with Crippen LogP contribution in [0.15, 0.2) is 30.3 Å². The maximum Gasteiger partial charge on any atom is 0.267 e. The number of benzene rings is 1. The summed E-state index contributed by atoms with van der Waals surface area (Å²) in [5.41, 5.74) is 1.50. The molecular formula is C20H36O4S. The van der Waals surface area contributed by atoms with E-state index in [4.69, 9.17) is 9.66 Å². The highest BCUT2D eigenvalue weighted by Crippen LogP contribution is 2.12. The SMILES string of the molecule is CCCCCCCCCCCCc1ccccc1.O=S(=O)(O)CCO. The Balaban J connectivity index is 0.000000697. The van der Waals surface area contributed by atoms with E-state index in [2.05, 4.69) is 37.3 Å². The van der Waals surface area contributed by atoms with Crippen LogP contribution in [0.1, 0.15) is 76.7 Å². The Morgan fingerprint density at radius 3 is 1.68 bits per heavy atom. The molecule has 0 radical (unpaired) electrons. The molecule has 0 aliphatic carbocycles. The van der Waals surface area contributed by atoms with E-state index in [-0.39, 0.29) is 0 Å². The van der Waals surface area contributed by atoms with Crippen LogP contribution in [0.4, 0.5) is 0 Å². The lowest BCUT2D eigenvalue weighted by atomic mass is 10.0. The van der Waals surface area contributed by atoms with Crippen molar-refractivity contribution in [3.05, 3.63) is 35.9 Å². The normalized spacial score (nSPS) is 11.0. The van der Waals surface area contributed by atoms with Crippen molar-refractivity contribution in [1.82, 2.24) is 0 Å². The van der Waals surface area contributed by atoms with Crippen LogP contribution in [0.5, 0.6) is 0 Å². The zero-order valence-electron chi connectivity index (χ0n) is 15.7. The topological polar surface area (TPSA) is 74.6 Å². The van der Waals surface area contributed by atoms with Crippen molar-refractivity contribution in [2.24, 2.45) is 0 Å². The van der Waals surface area contributed by atoms with Gasteiger partial charge in [0.1, 0.15) is 0 Å². The number of aliphatic hydroxyl groups excluding tert-OH is 1. The first kappa shape index (κ1) is 24.1. The van der Waals surface area contributed by atoms with Crippen LogP contribution in [0.2, 0.25) is 0 Å². The number of unbranched alkanes of at least 4 members (excludes halogenated alkanes) is 9. The van der Waals surface area contributed by atoms with Gasteiger partial charge in [-0.05, 0) is 18.4 Å². The molecular weight excluding hydrogens is 336 g/mol. The van der Waals surface area contributed by atoms with Crippen molar-refractivity contribution in [3.8, 4) is 0 Å². The molecule has 0 aliphatic rings. The van der Waals surface area contributed by atoms with Gasteiger partial charge in [-0.25, -0.2) is 0 Å². The number of rotatable bonds is 13. The summed E-state index contributed by atoms with van der Waals surface area (Å²) in [5, 5.41) is 7.86. The standard InChI is InChI=1S/C18H30.C2H6O4S/c1-2-3-4-5-6-7-8-9-10-12-15-18-16-13-11-14-17-18;3-1-2-7(4,5)6/h11,13-14,16-17H,2-10,12,15H2,1H3;3H,1-2H2,(H,4,5,6). The lowest BCUT2D eigenvalue weighted by Gasteiger charge is -2.03. The van der Waals surface area contributed by atoms with Gasteiger partial charge in [-0.1, -0.05) is 95.0 Å². The molecule has 1 aromatic carbocycles. The van der Waals surface area contributed by atoms with Gasteiger partial charge in [0.25, 0.3) is 10.1 Å². The molecule has 0 saturated heterocycles. The van der Waals surface area contributed by atoms with E-state index in [0.29, 0.717) is 0 Å². The molecule has 0 heterocycles. The van der Waals surface area contributed by atoms with Gasteiger partial charge in [-0.15, -0.1) is 0 Å². The zero-order valence-corrected chi connectivity index (χ0v) is 16.5. The number of aliphatic hydroxyl groups is 1. The second kappa shape index (κ2) is 16.6. The summed E-state index contributed by atoms with van der Waals surface area (Å²) < 4.78 is 27.1. The van der Waals surface area contributed by atoms with Crippen LogP contribution in [0, 0.1) is 0 Å². The van der Waals surface area contributed by atoms with Crippen molar-refractivity contribution in [2.45, 2.75) is 77.6 Å². The predicted molar refractivity (Wildman–Crippen MR) is 105 cm³/mol. The summed E-state index contributed by atoms with van der Waals surface area (Å²) in [6, 6.07) is 10.9. The summed E-state index contributed by atoms with van der Waals surface area (Å²) in [7, 11) is -3.92. The summed E-state index contributed by atoms with van der Waals surface area (Å²) in [6.45, 7) is 1.76. The zero-order chi connectivity index (χ0) is 18.8. The number of hydrogen-bond donors (Lipinski definition) is 2. The molecule has 0 fully saturated rings. The van der Waals surface area contributed by atoms with E-state index in [1.165, 1.54) is 76.2 Å². The molecule has 0 unspecified atom stereocenters. The Bertz CT molecular complexity index is 486. The van der Waals surface area contributed by atoms with Gasteiger partial charge < -0.3 is 5.11 Å². The first-order valence-corrected chi connectivity index (χ1v) is 11.2. The summed E-state index contributed by atoms with van der Waals surface area (Å²) >= 11 is 0. The number of aryl methyl sites for hydroxylation is 1. The molecule has 1 aromatic rings. The molecule has 25 heavy (non-hydrogen) atoms. The first-order chi connectivity index (χ1) is 12.0. The third-order valence-electron chi connectivity index (χ3n) is 4.01. The predicted octanol–water partition coefficient (Wildman–Crippen LogP) is 5.02.